The molecule has 1 rings (SSSR count). The van der Waals surface area contributed by atoms with Crippen LogP contribution in [0.1, 0.15) is 12.5 Å². The average molecular weight is 277 g/mol. The van der Waals surface area contributed by atoms with E-state index in [0.29, 0.717) is 0 Å². The molecule has 0 heterocycles. The molecule has 0 bridgehead atoms. The lowest BCUT2D eigenvalue weighted by molar-refractivity contribution is -0.136. The van der Waals surface area contributed by atoms with Crippen molar-refractivity contribution in [2.24, 2.45) is 0 Å². The number of alkyl halides is 1. The Balaban J connectivity index is 3.16. The van der Waals surface area contributed by atoms with E-state index in [1.807, 2.05) is 6.92 Å². The van der Waals surface area contributed by atoms with Gasteiger partial charge in [-0.3, -0.25) is 4.79 Å². The predicted molar refractivity (Wildman–Crippen MR) is 65.1 cm³/mol. The van der Waals surface area contributed by atoms with Crippen LogP contribution in [0.2, 0.25) is 0 Å². The van der Waals surface area contributed by atoms with Gasteiger partial charge in [0.15, 0.2) is 15.1 Å². The topological polar surface area (TPSA) is 71.4 Å². The van der Waals surface area contributed by atoms with Gasteiger partial charge in [-0.15, -0.1) is 11.6 Å². The van der Waals surface area contributed by atoms with Gasteiger partial charge < -0.3 is 5.11 Å². The van der Waals surface area contributed by atoms with E-state index in [1.54, 1.807) is 12.1 Å². The lowest BCUT2D eigenvalue weighted by atomic mass is 10.2. The molecule has 0 aliphatic heterocycles. The third-order valence-electron chi connectivity index (χ3n) is 2.45. The fourth-order valence-electron chi connectivity index (χ4n) is 1.36. The van der Waals surface area contributed by atoms with E-state index in [1.165, 1.54) is 12.1 Å². The number of halogens is 1. The second-order valence-electron chi connectivity index (χ2n) is 3.52. The average Bonchev–Trinajstić information content (AvgIpc) is 2.29. The maximum atomic E-state index is 11.9. The lowest BCUT2D eigenvalue weighted by Crippen LogP contribution is -2.31. The smallest absolute Gasteiger partial charge is 0.323 e. The van der Waals surface area contributed by atoms with Crippen LogP contribution in [0.15, 0.2) is 29.2 Å². The van der Waals surface area contributed by atoms with Crippen molar-refractivity contribution in [3.63, 3.8) is 0 Å². The number of hydrogen-bond donors (Lipinski definition) is 1. The van der Waals surface area contributed by atoms with E-state index in [0.717, 1.165) is 12.0 Å². The van der Waals surface area contributed by atoms with Crippen LogP contribution in [0.5, 0.6) is 0 Å². The number of sulfone groups is 1. The van der Waals surface area contributed by atoms with Gasteiger partial charge in [0, 0.05) is 0 Å². The monoisotopic (exact) mass is 276 g/mol. The summed E-state index contributed by atoms with van der Waals surface area (Å²) in [6.45, 7) is 1.95. The summed E-state index contributed by atoms with van der Waals surface area (Å²) in [4.78, 5) is 10.8. The number of carboxylic acid groups (broad SMARTS) is 1. The van der Waals surface area contributed by atoms with E-state index >= 15 is 0 Å². The van der Waals surface area contributed by atoms with Crippen LogP contribution < -0.4 is 0 Å². The van der Waals surface area contributed by atoms with Gasteiger partial charge in [-0.25, -0.2) is 8.42 Å². The largest absolute Gasteiger partial charge is 0.480 e. The highest BCUT2D eigenvalue weighted by Gasteiger charge is 2.33. The number of aryl methyl sites for hydroxylation is 1. The summed E-state index contributed by atoms with van der Waals surface area (Å²) in [5.74, 6) is -1.90. The number of benzene rings is 1. The summed E-state index contributed by atoms with van der Waals surface area (Å²) in [6.07, 6.45) is 0.790. The Hall–Kier alpha value is -1.07. The minimum Gasteiger partial charge on any atom is -0.480 e. The van der Waals surface area contributed by atoms with E-state index in [-0.39, 0.29) is 4.90 Å². The van der Waals surface area contributed by atoms with Gasteiger partial charge in [0.25, 0.3) is 0 Å². The van der Waals surface area contributed by atoms with Gasteiger partial charge in [-0.1, -0.05) is 19.1 Å². The molecule has 0 saturated carbocycles. The van der Waals surface area contributed by atoms with Crippen molar-refractivity contribution in [1.29, 1.82) is 0 Å². The second kappa shape index (κ2) is 5.51. The fourth-order valence-corrected chi connectivity index (χ4v) is 3.27. The van der Waals surface area contributed by atoms with Crippen molar-refractivity contribution in [2.75, 3.05) is 5.88 Å². The lowest BCUT2D eigenvalue weighted by Gasteiger charge is -2.10. The Kier molecular flexibility index (Phi) is 4.54. The van der Waals surface area contributed by atoms with Crippen LogP contribution in [0.3, 0.4) is 0 Å². The normalized spacial score (nSPS) is 13.3. The molecule has 0 aromatic heterocycles. The van der Waals surface area contributed by atoms with Crippen molar-refractivity contribution >= 4 is 27.4 Å². The molecule has 1 unspecified atom stereocenters. The van der Waals surface area contributed by atoms with E-state index in [4.69, 9.17) is 16.7 Å². The van der Waals surface area contributed by atoms with Crippen molar-refractivity contribution < 1.29 is 18.3 Å². The molecule has 0 aliphatic carbocycles. The van der Waals surface area contributed by atoms with Crippen molar-refractivity contribution in [2.45, 2.75) is 23.5 Å². The number of carboxylic acids is 1. The molecular formula is C11H13ClO4S. The molecule has 6 heteroatoms. The molecule has 0 fully saturated rings. The second-order valence-corrected chi connectivity index (χ2v) is 5.96. The molecule has 0 radical (unpaired) electrons. The van der Waals surface area contributed by atoms with Crippen molar-refractivity contribution in [3.8, 4) is 0 Å². The van der Waals surface area contributed by atoms with Crippen LogP contribution in [-0.2, 0) is 21.1 Å². The minimum absolute atomic E-state index is 0.0113. The molecule has 1 N–H and O–H groups in total. The first-order valence-electron chi connectivity index (χ1n) is 5.05. The van der Waals surface area contributed by atoms with Gasteiger partial charge in [0.1, 0.15) is 0 Å². The SMILES string of the molecule is CCc1ccc(S(=O)(=O)C(CCl)C(=O)O)cc1. The van der Waals surface area contributed by atoms with Gasteiger partial charge in [-0.05, 0) is 24.1 Å². The Bertz CT molecular complexity index is 493. The van der Waals surface area contributed by atoms with Gasteiger partial charge >= 0.3 is 5.97 Å². The molecule has 17 heavy (non-hydrogen) atoms. The maximum Gasteiger partial charge on any atom is 0.323 e. The highest BCUT2D eigenvalue weighted by molar-refractivity contribution is 7.92. The van der Waals surface area contributed by atoms with Gasteiger partial charge in [0.05, 0.1) is 10.8 Å². The molecule has 0 amide bonds. The molecule has 1 aromatic rings. The van der Waals surface area contributed by atoms with Crippen LogP contribution >= 0.6 is 11.6 Å². The van der Waals surface area contributed by atoms with Gasteiger partial charge in [-0.2, -0.15) is 0 Å². The molecule has 0 saturated heterocycles. The minimum atomic E-state index is -3.91. The number of rotatable bonds is 5. The zero-order valence-electron chi connectivity index (χ0n) is 9.26. The Morgan fingerprint density at radius 3 is 2.24 bits per heavy atom. The van der Waals surface area contributed by atoms with Crippen LogP contribution in [0.4, 0.5) is 0 Å². The molecule has 1 aromatic carbocycles. The zero-order valence-corrected chi connectivity index (χ0v) is 10.8. The molecule has 1 atom stereocenters. The quantitative estimate of drug-likeness (QED) is 0.831. The summed E-state index contributed by atoms with van der Waals surface area (Å²) >= 11 is 5.40. The maximum absolute atomic E-state index is 11.9. The summed E-state index contributed by atoms with van der Waals surface area (Å²) < 4.78 is 23.9. The summed E-state index contributed by atoms with van der Waals surface area (Å²) in [5, 5.41) is 7.21. The van der Waals surface area contributed by atoms with E-state index in [9.17, 15) is 13.2 Å². The Morgan fingerprint density at radius 1 is 1.35 bits per heavy atom. The molecule has 0 aliphatic rings. The number of hydrogen-bond acceptors (Lipinski definition) is 3. The third kappa shape index (κ3) is 2.98. The van der Waals surface area contributed by atoms with Crippen LogP contribution in [0.25, 0.3) is 0 Å². The number of carbonyl (C=O) groups is 1. The predicted octanol–water partition coefficient (Wildman–Crippen LogP) is 1.71. The fraction of sp³-hybridized carbons (Fsp3) is 0.364. The first-order valence-corrected chi connectivity index (χ1v) is 7.13. The summed E-state index contributed by atoms with van der Waals surface area (Å²) in [6, 6.07) is 6.16. The zero-order chi connectivity index (χ0) is 13.1. The molecular weight excluding hydrogens is 264 g/mol. The molecule has 94 valence electrons. The summed E-state index contributed by atoms with van der Waals surface area (Å²) in [5.41, 5.74) is 0.988. The van der Waals surface area contributed by atoms with Crippen LogP contribution in [-0.4, -0.2) is 30.6 Å². The number of aliphatic carboxylic acids is 1. The highest BCUT2D eigenvalue weighted by atomic mass is 35.5. The third-order valence-corrected chi connectivity index (χ3v) is 4.99. The van der Waals surface area contributed by atoms with E-state index in [2.05, 4.69) is 0 Å². The van der Waals surface area contributed by atoms with E-state index < -0.39 is 26.9 Å². The Morgan fingerprint density at radius 2 is 1.88 bits per heavy atom. The van der Waals surface area contributed by atoms with Crippen molar-refractivity contribution in [3.05, 3.63) is 29.8 Å². The van der Waals surface area contributed by atoms with Crippen LogP contribution in [0, 0.1) is 0 Å². The summed E-state index contributed by atoms with van der Waals surface area (Å²) in [7, 11) is -3.91. The first-order chi connectivity index (χ1) is 7.93. The Labute approximate surface area is 105 Å². The molecule has 4 nitrogen and oxygen atoms in total. The highest BCUT2D eigenvalue weighted by Crippen LogP contribution is 2.18. The van der Waals surface area contributed by atoms with Crippen molar-refractivity contribution in [1.82, 2.24) is 0 Å². The molecule has 0 spiro atoms. The standard InChI is InChI=1S/C11H13ClO4S/c1-2-8-3-5-9(6-4-8)17(15,16)10(7-12)11(13)14/h3-6,10H,2,7H2,1H3,(H,13,14). The first kappa shape index (κ1) is 14.0. The van der Waals surface area contributed by atoms with Gasteiger partial charge in [0.2, 0.25) is 0 Å².